The zero-order valence-electron chi connectivity index (χ0n) is 22.8. The van der Waals surface area contributed by atoms with E-state index in [0.717, 1.165) is 15.4 Å². The third kappa shape index (κ3) is 8.07. The maximum atomic E-state index is 13.9. The number of sulfonamides is 1. The largest absolute Gasteiger partial charge is 0.354 e. The lowest BCUT2D eigenvalue weighted by Crippen LogP contribution is -2.52. The van der Waals surface area contributed by atoms with Crippen molar-refractivity contribution in [1.29, 1.82) is 0 Å². The predicted molar refractivity (Wildman–Crippen MR) is 156 cm³/mol. The van der Waals surface area contributed by atoms with Gasteiger partial charge in [-0.25, -0.2) is 8.42 Å². The Morgan fingerprint density at radius 3 is 2.13 bits per heavy atom. The van der Waals surface area contributed by atoms with Crippen molar-refractivity contribution < 1.29 is 18.0 Å². The number of aryl methyl sites for hydroxylation is 1. The van der Waals surface area contributed by atoms with Gasteiger partial charge in [0.15, 0.2) is 0 Å². The normalized spacial score (nSPS) is 12.2. The Balaban J connectivity index is 1.97. The van der Waals surface area contributed by atoms with Crippen LogP contribution in [0.25, 0.3) is 0 Å². The van der Waals surface area contributed by atoms with Crippen molar-refractivity contribution in [3.8, 4) is 0 Å². The third-order valence-corrected chi connectivity index (χ3v) is 8.58. The summed E-state index contributed by atoms with van der Waals surface area (Å²) >= 11 is 6.35. The fourth-order valence-corrected chi connectivity index (χ4v) is 5.61. The van der Waals surface area contributed by atoms with E-state index in [9.17, 15) is 18.0 Å². The van der Waals surface area contributed by atoms with E-state index in [1.165, 1.54) is 23.1 Å². The van der Waals surface area contributed by atoms with Crippen LogP contribution in [-0.2, 0) is 26.0 Å². The molecule has 3 aromatic carbocycles. The molecule has 7 nitrogen and oxygen atoms in total. The Hall–Kier alpha value is -3.36. The van der Waals surface area contributed by atoms with Crippen molar-refractivity contribution in [3.63, 3.8) is 0 Å². The van der Waals surface area contributed by atoms with Crippen LogP contribution in [0.15, 0.2) is 83.8 Å². The molecule has 208 valence electrons. The van der Waals surface area contributed by atoms with Crippen molar-refractivity contribution in [2.75, 3.05) is 23.9 Å². The maximum absolute atomic E-state index is 13.9. The predicted octanol–water partition coefficient (Wildman–Crippen LogP) is 5.08. The molecule has 0 aromatic heterocycles. The Kier molecular flexibility index (Phi) is 10.5. The van der Waals surface area contributed by atoms with E-state index < -0.39 is 28.5 Å². The maximum Gasteiger partial charge on any atom is 0.264 e. The number of halogens is 1. The van der Waals surface area contributed by atoms with Crippen LogP contribution in [0.4, 0.5) is 5.69 Å². The lowest BCUT2D eigenvalue weighted by Gasteiger charge is -2.32. The summed E-state index contributed by atoms with van der Waals surface area (Å²) in [6, 6.07) is 21.7. The minimum Gasteiger partial charge on any atom is -0.354 e. The molecule has 3 rings (SSSR count). The molecular formula is C30H36ClN3O4S. The molecule has 9 heteroatoms. The van der Waals surface area contributed by atoms with Crippen LogP contribution >= 0.6 is 11.6 Å². The van der Waals surface area contributed by atoms with Gasteiger partial charge in [0.1, 0.15) is 12.6 Å². The zero-order valence-corrected chi connectivity index (χ0v) is 24.4. The van der Waals surface area contributed by atoms with Gasteiger partial charge in [0.05, 0.1) is 10.6 Å². The minimum absolute atomic E-state index is 0.0491. The Bertz CT molecular complexity index is 1370. The smallest absolute Gasteiger partial charge is 0.264 e. The van der Waals surface area contributed by atoms with Crippen molar-refractivity contribution >= 4 is 39.1 Å². The second-order valence-corrected chi connectivity index (χ2v) is 12.2. The fraction of sp³-hybridized carbons (Fsp3) is 0.333. The standard InChI is InChI=1S/C30H36ClN3O4S/c1-22(2)20-32-30(36)24(4)33(18-17-25-11-7-5-8-12-25)29(35)21-34(26-16-15-23(3)28(31)19-26)39(37,38)27-13-9-6-10-14-27/h5-16,19,22,24H,17-18,20-21H2,1-4H3,(H,32,36). The highest BCUT2D eigenvalue weighted by molar-refractivity contribution is 7.92. The molecule has 0 heterocycles. The second-order valence-electron chi connectivity index (χ2n) is 9.90. The highest BCUT2D eigenvalue weighted by atomic mass is 35.5. The summed E-state index contributed by atoms with van der Waals surface area (Å²) in [6.45, 7) is 7.68. The van der Waals surface area contributed by atoms with Crippen molar-refractivity contribution in [1.82, 2.24) is 10.2 Å². The van der Waals surface area contributed by atoms with E-state index >= 15 is 0 Å². The molecule has 0 fully saturated rings. The second kappa shape index (κ2) is 13.6. The lowest BCUT2D eigenvalue weighted by atomic mass is 10.1. The number of amides is 2. The van der Waals surface area contributed by atoms with E-state index in [2.05, 4.69) is 5.32 Å². The fourth-order valence-electron chi connectivity index (χ4n) is 4.01. The van der Waals surface area contributed by atoms with Gasteiger partial charge in [0.25, 0.3) is 10.0 Å². The number of rotatable bonds is 12. The molecule has 0 spiro atoms. The van der Waals surface area contributed by atoms with Crippen LogP contribution in [0.5, 0.6) is 0 Å². The zero-order chi connectivity index (χ0) is 28.6. The molecule has 1 atom stereocenters. The van der Waals surface area contributed by atoms with E-state index in [1.54, 1.807) is 37.3 Å². The summed E-state index contributed by atoms with van der Waals surface area (Å²) in [5.74, 6) is -0.539. The van der Waals surface area contributed by atoms with Crippen LogP contribution in [0.3, 0.4) is 0 Å². The molecule has 0 saturated carbocycles. The molecule has 0 bridgehead atoms. The van der Waals surface area contributed by atoms with Gasteiger partial charge in [-0.2, -0.15) is 0 Å². The number of nitrogens with one attached hydrogen (secondary N) is 1. The average molecular weight is 570 g/mol. The third-order valence-electron chi connectivity index (χ3n) is 6.39. The summed E-state index contributed by atoms with van der Waals surface area (Å²) in [5.41, 5.74) is 2.05. The lowest BCUT2D eigenvalue weighted by molar-refractivity contribution is -0.138. The number of carbonyl (C=O) groups is 2. The van der Waals surface area contributed by atoms with Crippen molar-refractivity contribution in [3.05, 3.63) is 95.0 Å². The van der Waals surface area contributed by atoms with Gasteiger partial charge in [-0.15, -0.1) is 0 Å². The molecule has 0 aliphatic carbocycles. The summed E-state index contributed by atoms with van der Waals surface area (Å²) in [6.07, 6.45) is 0.510. The summed E-state index contributed by atoms with van der Waals surface area (Å²) in [4.78, 5) is 28.4. The van der Waals surface area contributed by atoms with Crippen molar-refractivity contribution in [2.45, 2.75) is 45.1 Å². The van der Waals surface area contributed by atoms with Gasteiger partial charge in [-0.1, -0.05) is 80.0 Å². The highest BCUT2D eigenvalue weighted by Gasteiger charge is 2.32. The first-order valence-electron chi connectivity index (χ1n) is 13.0. The highest BCUT2D eigenvalue weighted by Crippen LogP contribution is 2.28. The van der Waals surface area contributed by atoms with E-state index in [1.807, 2.05) is 51.1 Å². The van der Waals surface area contributed by atoms with Crippen LogP contribution < -0.4 is 9.62 Å². The summed E-state index contributed by atoms with van der Waals surface area (Å²) < 4.78 is 28.6. The van der Waals surface area contributed by atoms with Gasteiger partial charge >= 0.3 is 0 Å². The average Bonchev–Trinajstić information content (AvgIpc) is 2.92. The Morgan fingerprint density at radius 1 is 0.923 bits per heavy atom. The van der Waals surface area contributed by atoms with Gasteiger partial charge in [-0.05, 0) is 61.6 Å². The van der Waals surface area contributed by atoms with Gasteiger partial charge in [0, 0.05) is 18.1 Å². The number of benzene rings is 3. The number of anilines is 1. The summed E-state index contributed by atoms with van der Waals surface area (Å²) in [5, 5.41) is 3.27. The first-order valence-corrected chi connectivity index (χ1v) is 14.8. The van der Waals surface area contributed by atoms with Gasteiger partial charge in [0.2, 0.25) is 11.8 Å². The molecule has 0 aliphatic heterocycles. The number of hydrogen-bond acceptors (Lipinski definition) is 4. The molecule has 0 saturated heterocycles. The number of carbonyl (C=O) groups excluding carboxylic acids is 2. The SMILES string of the molecule is Cc1ccc(N(CC(=O)N(CCc2ccccc2)C(C)C(=O)NCC(C)C)S(=O)(=O)c2ccccc2)cc1Cl. The van der Waals surface area contributed by atoms with Crippen LogP contribution in [-0.4, -0.2) is 50.8 Å². The van der Waals surface area contributed by atoms with Crippen LogP contribution in [0, 0.1) is 12.8 Å². The van der Waals surface area contributed by atoms with Gasteiger partial charge in [-0.3, -0.25) is 13.9 Å². The molecule has 2 amide bonds. The van der Waals surface area contributed by atoms with Crippen molar-refractivity contribution in [2.24, 2.45) is 5.92 Å². The number of hydrogen-bond donors (Lipinski definition) is 1. The molecule has 0 aliphatic rings. The monoisotopic (exact) mass is 569 g/mol. The van der Waals surface area contributed by atoms with Crippen LogP contribution in [0.1, 0.15) is 31.9 Å². The molecule has 1 N–H and O–H groups in total. The Labute approximate surface area is 236 Å². The summed E-state index contributed by atoms with van der Waals surface area (Å²) in [7, 11) is -4.12. The van der Waals surface area contributed by atoms with E-state index in [0.29, 0.717) is 18.0 Å². The van der Waals surface area contributed by atoms with E-state index in [-0.39, 0.29) is 29.0 Å². The topological polar surface area (TPSA) is 86.8 Å². The first kappa shape index (κ1) is 30.2. The Morgan fingerprint density at radius 2 is 1.54 bits per heavy atom. The first-order chi connectivity index (χ1) is 18.5. The minimum atomic E-state index is -4.12. The molecule has 1 unspecified atom stereocenters. The molecule has 3 aromatic rings. The number of nitrogens with zero attached hydrogens (tertiary/aromatic N) is 2. The quantitative estimate of drug-likeness (QED) is 0.330. The van der Waals surface area contributed by atoms with E-state index in [4.69, 9.17) is 11.6 Å². The van der Waals surface area contributed by atoms with Gasteiger partial charge < -0.3 is 10.2 Å². The van der Waals surface area contributed by atoms with Crippen LogP contribution in [0.2, 0.25) is 5.02 Å². The molecular weight excluding hydrogens is 534 g/mol. The molecule has 0 radical (unpaired) electrons. The molecule has 39 heavy (non-hydrogen) atoms.